The smallest absolute Gasteiger partial charge is 0.307 e. The second-order valence-corrected chi connectivity index (χ2v) is 7.18. The van der Waals surface area contributed by atoms with Crippen molar-refractivity contribution in [1.82, 2.24) is 19.5 Å². The maximum atomic E-state index is 15.0. The van der Waals surface area contributed by atoms with Gasteiger partial charge < -0.3 is 19.4 Å². The quantitative estimate of drug-likeness (QED) is 0.356. The van der Waals surface area contributed by atoms with Crippen LogP contribution in [0.1, 0.15) is 5.69 Å². The molecule has 0 bridgehead atoms. The predicted octanol–water partition coefficient (Wildman–Crippen LogP) is 3.96. The summed E-state index contributed by atoms with van der Waals surface area (Å²) in [4.78, 5) is 23.0. The monoisotopic (exact) mass is 454 g/mol. The van der Waals surface area contributed by atoms with Crippen molar-refractivity contribution >= 4 is 28.4 Å². The Hall–Kier alpha value is -4.19. The number of anilines is 2. The molecule has 5 rings (SSSR count). The summed E-state index contributed by atoms with van der Waals surface area (Å²) in [6, 6.07) is 5.42. The van der Waals surface area contributed by atoms with Crippen LogP contribution in [-0.2, 0) is 17.9 Å². The Morgan fingerprint density at radius 1 is 1.27 bits per heavy atom. The van der Waals surface area contributed by atoms with Crippen LogP contribution in [-0.4, -0.2) is 38.2 Å². The molecule has 33 heavy (non-hydrogen) atoms. The van der Waals surface area contributed by atoms with E-state index in [4.69, 9.17) is 9.47 Å². The van der Waals surface area contributed by atoms with Crippen molar-refractivity contribution in [3.63, 3.8) is 0 Å². The minimum Gasteiger partial charge on any atom is -0.494 e. The van der Waals surface area contributed by atoms with Crippen molar-refractivity contribution in [2.24, 2.45) is 0 Å². The molecule has 0 amide bonds. The number of methoxy groups -OCH3 is 1. The molecule has 0 saturated carbocycles. The van der Waals surface area contributed by atoms with Crippen LogP contribution in [0, 0.1) is 21.7 Å². The highest BCUT2D eigenvalue weighted by Crippen LogP contribution is 2.37. The second kappa shape index (κ2) is 8.06. The highest BCUT2D eigenvalue weighted by atomic mass is 19.1. The maximum absolute atomic E-state index is 15.0. The number of hydrogen-bond acceptors (Lipinski definition) is 8. The molecule has 1 aliphatic rings. The molecule has 0 aliphatic carbocycles. The molecule has 0 radical (unpaired) electrons. The van der Waals surface area contributed by atoms with E-state index >= 15 is 0 Å². The van der Waals surface area contributed by atoms with Gasteiger partial charge in [0.05, 0.1) is 42.8 Å². The third kappa shape index (κ3) is 3.49. The summed E-state index contributed by atoms with van der Waals surface area (Å²) in [6.07, 6.45) is 2.65. The fourth-order valence-electron chi connectivity index (χ4n) is 3.88. The summed E-state index contributed by atoms with van der Waals surface area (Å²) in [7, 11) is 1.29. The SMILES string of the molecule is COc1cc(F)c([N+](=O)[O-])cc1Nc1ncc(F)c(-c2c3n(c4ncccc24)CCOC3)n1. The molecule has 1 aliphatic heterocycles. The summed E-state index contributed by atoms with van der Waals surface area (Å²) in [5, 5.41) is 14.6. The van der Waals surface area contributed by atoms with Gasteiger partial charge in [-0.25, -0.2) is 19.3 Å². The van der Waals surface area contributed by atoms with Gasteiger partial charge in [-0.2, -0.15) is 4.39 Å². The van der Waals surface area contributed by atoms with Gasteiger partial charge in [0.25, 0.3) is 0 Å². The molecule has 168 valence electrons. The minimum absolute atomic E-state index is 0.00290. The number of rotatable bonds is 5. The van der Waals surface area contributed by atoms with E-state index in [1.165, 1.54) is 7.11 Å². The average molecular weight is 454 g/mol. The Kier molecular flexibility index (Phi) is 5.05. The normalized spacial score (nSPS) is 13.1. The van der Waals surface area contributed by atoms with E-state index < -0.39 is 22.2 Å². The third-order valence-corrected chi connectivity index (χ3v) is 5.32. The molecule has 1 N–H and O–H groups in total. The lowest BCUT2D eigenvalue weighted by atomic mass is 10.1. The Morgan fingerprint density at radius 2 is 2.12 bits per heavy atom. The van der Waals surface area contributed by atoms with Gasteiger partial charge in [-0.3, -0.25) is 10.1 Å². The zero-order valence-corrected chi connectivity index (χ0v) is 17.2. The molecular weight excluding hydrogens is 438 g/mol. The number of halogens is 2. The van der Waals surface area contributed by atoms with Gasteiger partial charge in [-0.05, 0) is 12.1 Å². The molecule has 3 aromatic heterocycles. The first-order valence-electron chi connectivity index (χ1n) is 9.83. The van der Waals surface area contributed by atoms with Crippen molar-refractivity contribution in [1.29, 1.82) is 0 Å². The summed E-state index contributed by atoms with van der Waals surface area (Å²) in [5.41, 5.74) is 1.26. The molecule has 0 saturated heterocycles. The fraction of sp³-hybridized carbons (Fsp3) is 0.190. The van der Waals surface area contributed by atoms with Gasteiger partial charge >= 0.3 is 5.69 Å². The van der Waals surface area contributed by atoms with E-state index in [9.17, 15) is 18.9 Å². The third-order valence-electron chi connectivity index (χ3n) is 5.32. The number of benzene rings is 1. The van der Waals surface area contributed by atoms with Crippen LogP contribution in [0.4, 0.5) is 26.1 Å². The molecular formula is C21H16F2N6O4. The van der Waals surface area contributed by atoms with Crippen LogP contribution < -0.4 is 10.1 Å². The molecule has 10 nitrogen and oxygen atoms in total. The number of nitro groups is 1. The summed E-state index contributed by atoms with van der Waals surface area (Å²) < 4.78 is 41.6. The molecule has 1 aromatic carbocycles. The van der Waals surface area contributed by atoms with E-state index in [-0.39, 0.29) is 29.7 Å². The second-order valence-electron chi connectivity index (χ2n) is 7.18. The highest BCUT2D eigenvalue weighted by Gasteiger charge is 2.26. The van der Waals surface area contributed by atoms with E-state index in [0.29, 0.717) is 29.7 Å². The zero-order chi connectivity index (χ0) is 23.1. The molecule has 0 spiro atoms. The van der Waals surface area contributed by atoms with Gasteiger partial charge in [-0.1, -0.05) is 0 Å². The van der Waals surface area contributed by atoms with Crippen LogP contribution in [0.3, 0.4) is 0 Å². The fourth-order valence-corrected chi connectivity index (χ4v) is 3.88. The minimum atomic E-state index is -1.05. The van der Waals surface area contributed by atoms with E-state index in [1.54, 1.807) is 12.3 Å². The first-order chi connectivity index (χ1) is 16.0. The summed E-state index contributed by atoms with van der Waals surface area (Å²) >= 11 is 0. The van der Waals surface area contributed by atoms with Gasteiger partial charge in [0.2, 0.25) is 11.8 Å². The zero-order valence-electron chi connectivity index (χ0n) is 17.2. The van der Waals surface area contributed by atoms with Crippen LogP contribution in [0.2, 0.25) is 0 Å². The van der Waals surface area contributed by atoms with Crippen molar-refractivity contribution < 1.29 is 23.2 Å². The van der Waals surface area contributed by atoms with E-state index in [1.807, 2.05) is 10.6 Å². The summed E-state index contributed by atoms with van der Waals surface area (Å²) in [6.45, 7) is 1.34. The number of nitro benzene ring substituents is 1. The molecule has 0 unspecified atom stereocenters. The topological polar surface area (TPSA) is 117 Å². The Labute approximate surface area is 185 Å². The average Bonchev–Trinajstić information content (AvgIpc) is 3.15. The predicted molar refractivity (Wildman–Crippen MR) is 113 cm³/mol. The van der Waals surface area contributed by atoms with E-state index in [2.05, 4.69) is 20.3 Å². The van der Waals surface area contributed by atoms with Gasteiger partial charge in [0.1, 0.15) is 17.1 Å². The first-order valence-corrected chi connectivity index (χ1v) is 9.83. The Balaban J connectivity index is 1.63. The standard InChI is InChI=1S/C21H16F2N6O4/c1-32-17-7-12(22)15(29(30)31)8-14(17)26-21-25-9-13(23)19(27-21)18-11-3-2-4-24-20(11)28-5-6-33-10-16(18)28/h2-4,7-9H,5-6,10H2,1H3,(H,25,26,27). The lowest BCUT2D eigenvalue weighted by molar-refractivity contribution is -0.387. The molecule has 0 fully saturated rings. The number of nitrogens with one attached hydrogen (secondary N) is 1. The number of hydrogen-bond donors (Lipinski definition) is 1. The molecule has 4 aromatic rings. The number of fused-ring (bicyclic) bond motifs is 3. The van der Waals surface area contributed by atoms with Crippen molar-refractivity contribution in [3.05, 3.63) is 64.1 Å². The van der Waals surface area contributed by atoms with Gasteiger partial charge in [0, 0.05) is 35.8 Å². The van der Waals surface area contributed by atoms with Crippen LogP contribution in [0.5, 0.6) is 5.75 Å². The van der Waals surface area contributed by atoms with Gasteiger partial charge in [-0.15, -0.1) is 0 Å². The highest BCUT2D eigenvalue weighted by molar-refractivity contribution is 5.95. The van der Waals surface area contributed by atoms with Crippen molar-refractivity contribution in [2.45, 2.75) is 13.2 Å². The van der Waals surface area contributed by atoms with Crippen LogP contribution in [0.25, 0.3) is 22.3 Å². The Morgan fingerprint density at radius 3 is 2.91 bits per heavy atom. The maximum Gasteiger partial charge on any atom is 0.307 e. The molecule has 4 heterocycles. The molecule has 12 heteroatoms. The number of ether oxygens (including phenoxy) is 2. The van der Waals surface area contributed by atoms with E-state index in [0.717, 1.165) is 24.0 Å². The van der Waals surface area contributed by atoms with Crippen LogP contribution >= 0.6 is 0 Å². The largest absolute Gasteiger partial charge is 0.494 e. The van der Waals surface area contributed by atoms with Crippen LogP contribution in [0.15, 0.2) is 36.7 Å². The van der Waals surface area contributed by atoms with Crippen molar-refractivity contribution in [2.75, 3.05) is 19.0 Å². The van der Waals surface area contributed by atoms with Gasteiger partial charge in [0.15, 0.2) is 5.82 Å². The lowest BCUT2D eigenvalue weighted by Gasteiger charge is -2.17. The lowest BCUT2D eigenvalue weighted by Crippen LogP contribution is -2.17. The van der Waals surface area contributed by atoms with Crippen molar-refractivity contribution in [3.8, 4) is 17.0 Å². The summed E-state index contributed by atoms with van der Waals surface area (Å²) in [5.74, 6) is -1.78. The Bertz CT molecular complexity index is 1410. The number of pyridine rings is 1. The first kappa shape index (κ1) is 20.7. The number of nitrogens with zero attached hydrogens (tertiary/aromatic N) is 5. The molecule has 0 atom stereocenters. The number of aromatic nitrogens is 4.